The Morgan fingerprint density at radius 2 is 1.61 bits per heavy atom. The number of aryl methyl sites for hydroxylation is 1. The molecule has 1 saturated heterocycles. The number of carbonyl (C=O) groups excluding carboxylic acids is 1. The number of para-hydroxylation sites is 1. The van der Waals surface area contributed by atoms with Gasteiger partial charge in [0.15, 0.2) is 0 Å². The van der Waals surface area contributed by atoms with E-state index in [4.69, 9.17) is 0 Å². The number of amides is 1. The second kappa shape index (κ2) is 7.84. The number of piperidine rings is 1. The SMILES string of the molecule is Cn1nc(C2CCN(C(=O)Cc3ccccc3)CC2)n(-c2ccccc2)c1=O. The Morgan fingerprint density at radius 1 is 1.00 bits per heavy atom. The fraction of sp³-hybridized carbons (Fsp3) is 0.318. The zero-order chi connectivity index (χ0) is 19.5. The van der Waals surface area contributed by atoms with E-state index in [1.54, 1.807) is 11.6 Å². The predicted octanol–water partition coefficient (Wildman–Crippen LogP) is 2.52. The van der Waals surface area contributed by atoms with Crippen LogP contribution in [0.1, 0.15) is 30.1 Å². The molecule has 2 aromatic carbocycles. The molecule has 0 unspecified atom stereocenters. The quantitative estimate of drug-likeness (QED) is 0.703. The molecule has 0 N–H and O–H groups in total. The molecule has 0 radical (unpaired) electrons. The molecule has 144 valence electrons. The van der Waals surface area contributed by atoms with Crippen molar-refractivity contribution in [2.45, 2.75) is 25.2 Å². The van der Waals surface area contributed by atoms with E-state index >= 15 is 0 Å². The topological polar surface area (TPSA) is 60.1 Å². The van der Waals surface area contributed by atoms with Gasteiger partial charge in [0.1, 0.15) is 5.82 Å². The first-order chi connectivity index (χ1) is 13.6. The minimum absolute atomic E-state index is 0.135. The van der Waals surface area contributed by atoms with Crippen LogP contribution in [0.3, 0.4) is 0 Å². The highest BCUT2D eigenvalue weighted by atomic mass is 16.2. The van der Waals surface area contributed by atoms with Crippen LogP contribution in [0.2, 0.25) is 0 Å². The van der Waals surface area contributed by atoms with Crippen LogP contribution < -0.4 is 5.69 Å². The van der Waals surface area contributed by atoms with Gasteiger partial charge < -0.3 is 4.90 Å². The smallest absolute Gasteiger partial charge is 0.342 e. The average Bonchev–Trinajstić information content (AvgIpc) is 3.04. The molecule has 28 heavy (non-hydrogen) atoms. The molecule has 2 heterocycles. The van der Waals surface area contributed by atoms with Crippen LogP contribution in [0.15, 0.2) is 65.5 Å². The zero-order valence-corrected chi connectivity index (χ0v) is 16.0. The van der Waals surface area contributed by atoms with E-state index in [1.165, 1.54) is 4.68 Å². The maximum Gasteiger partial charge on any atom is 0.350 e. The number of carbonyl (C=O) groups is 1. The first kappa shape index (κ1) is 18.2. The summed E-state index contributed by atoms with van der Waals surface area (Å²) < 4.78 is 3.10. The summed E-state index contributed by atoms with van der Waals surface area (Å²) in [7, 11) is 1.68. The second-order valence-electron chi connectivity index (χ2n) is 7.25. The second-order valence-corrected chi connectivity index (χ2v) is 7.25. The minimum atomic E-state index is -0.135. The number of benzene rings is 2. The Kier molecular flexibility index (Phi) is 5.10. The first-order valence-electron chi connectivity index (χ1n) is 9.66. The highest BCUT2D eigenvalue weighted by Crippen LogP contribution is 2.27. The summed E-state index contributed by atoms with van der Waals surface area (Å²) in [6, 6.07) is 19.5. The van der Waals surface area contributed by atoms with Crippen LogP contribution in [0, 0.1) is 0 Å². The molecule has 0 saturated carbocycles. The molecule has 1 aliphatic rings. The normalized spacial score (nSPS) is 15.0. The minimum Gasteiger partial charge on any atom is -0.342 e. The molecular formula is C22H24N4O2. The van der Waals surface area contributed by atoms with Gasteiger partial charge in [-0.2, -0.15) is 5.10 Å². The summed E-state index contributed by atoms with van der Waals surface area (Å²) in [5.74, 6) is 1.11. The van der Waals surface area contributed by atoms with Crippen molar-refractivity contribution in [3.05, 3.63) is 82.5 Å². The van der Waals surface area contributed by atoms with Gasteiger partial charge in [0.25, 0.3) is 0 Å². The maximum absolute atomic E-state index is 12.6. The molecule has 6 heteroatoms. The fourth-order valence-electron chi connectivity index (χ4n) is 3.84. The third-order valence-electron chi connectivity index (χ3n) is 5.38. The number of hydrogen-bond acceptors (Lipinski definition) is 3. The molecular weight excluding hydrogens is 352 g/mol. The summed E-state index contributed by atoms with van der Waals surface area (Å²) in [6.07, 6.45) is 2.05. The molecule has 1 fully saturated rings. The average molecular weight is 376 g/mol. The third kappa shape index (κ3) is 3.63. The molecule has 0 bridgehead atoms. The summed E-state index contributed by atoms with van der Waals surface area (Å²) >= 11 is 0. The van der Waals surface area contributed by atoms with Gasteiger partial charge in [-0.3, -0.25) is 4.79 Å². The van der Waals surface area contributed by atoms with Gasteiger partial charge in [0.2, 0.25) is 5.91 Å². The summed E-state index contributed by atoms with van der Waals surface area (Å²) in [5.41, 5.74) is 1.74. The van der Waals surface area contributed by atoms with E-state index in [0.29, 0.717) is 19.5 Å². The van der Waals surface area contributed by atoms with Crippen molar-refractivity contribution in [1.82, 2.24) is 19.2 Å². The van der Waals surface area contributed by atoms with E-state index in [0.717, 1.165) is 29.9 Å². The number of rotatable bonds is 4. The van der Waals surface area contributed by atoms with E-state index in [1.807, 2.05) is 65.6 Å². The van der Waals surface area contributed by atoms with Crippen LogP contribution in [-0.4, -0.2) is 38.2 Å². The lowest BCUT2D eigenvalue weighted by Crippen LogP contribution is -2.39. The van der Waals surface area contributed by atoms with Crippen molar-refractivity contribution < 1.29 is 4.79 Å². The van der Waals surface area contributed by atoms with Gasteiger partial charge in [0, 0.05) is 26.1 Å². The number of likely N-dealkylation sites (tertiary alicyclic amines) is 1. The van der Waals surface area contributed by atoms with Gasteiger partial charge in [0.05, 0.1) is 12.1 Å². The van der Waals surface area contributed by atoms with Crippen LogP contribution in [-0.2, 0) is 18.3 Å². The summed E-state index contributed by atoms with van der Waals surface area (Å²) in [4.78, 5) is 27.1. The zero-order valence-electron chi connectivity index (χ0n) is 16.0. The number of hydrogen-bond donors (Lipinski definition) is 0. The molecule has 0 spiro atoms. The van der Waals surface area contributed by atoms with Crippen molar-refractivity contribution in [2.24, 2.45) is 7.05 Å². The Hall–Kier alpha value is -3.15. The van der Waals surface area contributed by atoms with E-state index in [2.05, 4.69) is 5.10 Å². The monoisotopic (exact) mass is 376 g/mol. The lowest BCUT2D eigenvalue weighted by molar-refractivity contribution is -0.131. The standard InChI is InChI=1S/C22H24N4O2/c1-24-22(28)26(19-10-6-3-7-11-19)21(23-24)18-12-14-25(15-13-18)20(27)16-17-8-4-2-5-9-17/h2-11,18H,12-16H2,1H3. The van der Waals surface area contributed by atoms with Gasteiger partial charge >= 0.3 is 5.69 Å². The predicted molar refractivity (Wildman–Crippen MR) is 108 cm³/mol. The van der Waals surface area contributed by atoms with Crippen molar-refractivity contribution >= 4 is 5.91 Å². The largest absolute Gasteiger partial charge is 0.350 e. The van der Waals surface area contributed by atoms with Gasteiger partial charge in [-0.15, -0.1) is 0 Å². The van der Waals surface area contributed by atoms with Crippen LogP contribution >= 0.6 is 0 Å². The molecule has 4 rings (SSSR count). The Morgan fingerprint density at radius 3 is 2.25 bits per heavy atom. The Labute approximate surface area is 164 Å². The van der Waals surface area contributed by atoms with Gasteiger partial charge in [-0.1, -0.05) is 48.5 Å². The Balaban J connectivity index is 1.48. The van der Waals surface area contributed by atoms with Gasteiger partial charge in [-0.05, 0) is 30.5 Å². The van der Waals surface area contributed by atoms with Crippen LogP contribution in [0.4, 0.5) is 0 Å². The highest BCUT2D eigenvalue weighted by Gasteiger charge is 2.28. The maximum atomic E-state index is 12.6. The molecule has 3 aromatic rings. The first-order valence-corrected chi connectivity index (χ1v) is 9.66. The van der Waals surface area contributed by atoms with Crippen molar-refractivity contribution in [2.75, 3.05) is 13.1 Å². The lowest BCUT2D eigenvalue weighted by atomic mass is 9.95. The Bertz CT molecular complexity index is 1000. The van der Waals surface area contributed by atoms with Crippen molar-refractivity contribution in [3.63, 3.8) is 0 Å². The third-order valence-corrected chi connectivity index (χ3v) is 5.38. The fourth-order valence-corrected chi connectivity index (χ4v) is 3.84. The number of aromatic nitrogens is 3. The van der Waals surface area contributed by atoms with Crippen molar-refractivity contribution in [1.29, 1.82) is 0 Å². The molecule has 0 aliphatic carbocycles. The van der Waals surface area contributed by atoms with Gasteiger partial charge in [-0.25, -0.2) is 14.0 Å². The highest BCUT2D eigenvalue weighted by molar-refractivity contribution is 5.78. The molecule has 0 atom stereocenters. The van der Waals surface area contributed by atoms with E-state index in [9.17, 15) is 9.59 Å². The van der Waals surface area contributed by atoms with E-state index in [-0.39, 0.29) is 17.5 Å². The van der Waals surface area contributed by atoms with E-state index < -0.39 is 0 Å². The molecule has 6 nitrogen and oxygen atoms in total. The molecule has 1 aromatic heterocycles. The van der Waals surface area contributed by atoms with Crippen molar-refractivity contribution in [3.8, 4) is 5.69 Å². The summed E-state index contributed by atoms with van der Waals surface area (Å²) in [5, 5.41) is 4.51. The lowest BCUT2D eigenvalue weighted by Gasteiger charge is -2.31. The van der Waals surface area contributed by atoms with Crippen LogP contribution in [0.25, 0.3) is 5.69 Å². The number of nitrogens with zero attached hydrogens (tertiary/aromatic N) is 4. The molecule has 1 aliphatic heterocycles. The van der Waals surface area contributed by atoms with Crippen LogP contribution in [0.5, 0.6) is 0 Å². The summed E-state index contributed by atoms with van der Waals surface area (Å²) in [6.45, 7) is 1.38. The molecule has 1 amide bonds.